The van der Waals surface area contributed by atoms with Crippen molar-refractivity contribution in [3.8, 4) is 22.8 Å². The summed E-state index contributed by atoms with van der Waals surface area (Å²) in [6.07, 6.45) is 7.24. The Labute approximate surface area is 229 Å². The third kappa shape index (κ3) is 5.85. The Bertz CT molecular complexity index is 1360. The number of carbonyl (C=O) groups excluding carboxylic acids is 2. The highest BCUT2D eigenvalue weighted by molar-refractivity contribution is 8.00. The van der Waals surface area contributed by atoms with Gasteiger partial charge in [0.15, 0.2) is 6.17 Å². The van der Waals surface area contributed by atoms with Gasteiger partial charge in [-0.25, -0.2) is 9.37 Å². The molecule has 1 saturated carbocycles. The number of amides is 2. The predicted octanol–water partition coefficient (Wildman–Crippen LogP) is 2.83. The van der Waals surface area contributed by atoms with E-state index >= 15 is 4.39 Å². The van der Waals surface area contributed by atoms with Crippen molar-refractivity contribution in [1.29, 1.82) is 0 Å². The molecule has 0 radical (unpaired) electrons. The first-order valence-electron chi connectivity index (χ1n) is 13.0. The Morgan fingerprint density at radius 3 is 2.59 bits per heavy atom. The van der Waals surface area contributed by atoms with E-state index in [2.05, 4.69) is 15.1 Å². The van der Waals surface area contributed by atoms with Crippen LogP contribution in [0.15, 0.2) is 43.0 Å². The van der Waals surface area contributed by atoms with Crippen molar-refractivity contribution in [3.63, 3.8) is 0 Å². The van der Waals surface area contributed by atoms with Crippen molar-refractivity contribution in [2.24, 2.45) is 5.73 Å². The van der Waals surface area contributed by atoms with Crippen LogP contribution in [-0.4, -0.2) is 79.4 Å². The monoisotopic (exact) mass is 552 g/mol. The van der Waals surface area contributed by atoms with Gasteiger partial charge in [0.05, 0.1) is 37.5 Å². The molecule has 3 aromatic heterocycles. The summed E-state index contributed by atoms with van der Waals surface area (Å²) in [5.74, 6) is 1.79. The van der Waals surface area contributed by atoms with Crippen LogP contribution in [0.2, 0.25) is 0 Å². The molecular weight excluding hydrogens is 523 g/mol. The molecule has 6 rings (SSSR count). The molecule has 204 valence electrons. The number of pyridine rings is 2. The van der Waals surface area contributed by atoms with E-state index in [0.717, 1.165) is 29.9 Å². The molecule has 3 aromatic rings. The van der Waals surface area contributed by atoms with Gasteiger partial charge in [-0.1, -0.05) is 0 Å². The van der Waals surface area contributed by atoms with Gasteiger partial charge in [-0.05, 0) is 31.0 Å². The summed E-state index contributed by atoms with van der Waals surface area (Å²) in [7, 11) is 0. The average Bonchev–Trinajstić information content (AvgIpc) is 3.59. The maximum Gasteiger partial charge on any atom is 0.254 e. The van der Waals surface area contributed by atoms with E-state index < -0.39 is 18.2 Å². The lowest BCUT2D eigenvalue weighted by atomic mass is 10.0. The number of ether oxygens (including phenoxy) is 2. The number of primary amides is 1. The van der Waals surface area contributed by atoms with E-state index in [9.17, 15) is 9.59 Å². The molecule has 2 atom stereocenters. The van der Waals surface area contributed by atoms with Gasteiger partial charge in [0.1, 0.15) is 17.4 Å². The highest BCUT2D eigenvalue weighted by atomic mass is 32.2. The van der Waals surface area contributed by atoms with Gasteiger partial charge in [0.2, 0.25) is 11.8 Å². The van der Waals surface area contributed by atoms with Gasteiger partial charge in [0.25, 0.3) is 5.91 Å². The molecule has 2 unspecified atom stereocenters. The number of thioether (sulfide) groups is 1. The maximum absolute atomic E-state index is 15.1. The summed E-state index contributed by atoms with van der Waals surface area (Å²) in [4.78, 5) is 35.1. The number of carbonyl (C=O) groups is 2. The number of rotatable bonds is 9. The number of alkyl halides is 1. The fraction of sp³-hybridized carbons (Fsp3) is 0.444. The van der Waals surface area contributed by atoms with Gasteiger partial charge >= 0.3 is 0 Å². The number of hydrogen-bond donors (Lipinski definition) is 1. The van der Waals surface area contributed by atoms with E-state index in [1.807, 2.05) is 22.6 Å². The molecule has 0 aromatic carbocycles. The van der Waals surface area contributed by atoms with E-state index in [1.54, 1.807) is 36.8 Å². The SMILES string of the molecule is NC(=O)c1cc(-c2cnn(C3CSC3)c2)cnc1OC1CCN(C(=O)Cc2ccc(OC3CC3)cn2)CC1F. The average molecular weight is 553 g/mol. The van der Waals surface area contributed by atoms with E-state index in [4.69, 9.17) is 15.2 Å². The number of halogens is 1. The second kappa shape index (κ2) is 10.8. The predicted molar refractivity (Wildman–Crippen MR) is 142 cm³/mol. The summed E-state index contributed by atoms with van der Waals surface area (Å²) in [6.45, 7) is 0.199. The minimum Gasteiger partial charge on any atom is -0.489 e. The minimum absolute atomic E-state index is 0.0147. The molecule has 3 aliphatic rings. The summed E-state index contributed by atoms with van der Waals surface area (Å²) in [5, 5.41) is 4.42. The van der Waals surface area contributed by atoms with Crippen LogP contribution >= 0.6 is 11.8 Å². The zero-order valence-electron chi connectivity index (χ0n) is 21.2. The first kappa shape index (κ1) is 25.6. The Hall–Kier alpha value is -3.67. The van der Waals surface area contributed by atoms with Crippen molar-refractivity contribution in [1.82, 2.24) is 24.6 Å². The normalized spacial score (nSPS) is 21.3. The largest absolute Gasteiger partial charge is 0.489 e. The van der Waals surface area contributed by atoms with Crippen LogP contribution in [0.25, 0.3) is 11.1 Å². The molecule has 2 N–H and O–H groups in total. The number of likely N-dealkylation sites (tertiary alicyclic amines) is 1. The Kier molecular flexibility index (Phi) is 7.11. The molecule has 1 aliphatic carbocycles. The second-order valence-corrected chi connectivity index (χ2v) is 11.2. The summed E-state index contributed by atoms with van der Waals surface area (Å²) < 4.78 is 28.6. The molecule has 3 fully saturated rings. The van der Waals surface area contributed by atoms with Gasteiger partial charge in [-0.15, -0.1) is 0 Å². The lowest BCUT2D eigenvalue weighted by Crippen LogP contribution is -2.49. The molecule has 2 amide bonds. The van der Waals surface area contributed by atoms with Crippen LogP contribution in [-0.2, 0) is 11.2 Å². The van der Waals surface area contributed by atoms with E-state index in [-0.39, 0.29) is 42.8 Å². The topological polar surface area (TPSA) is 125 Å². The third-order valence-electron chi connectivity index (χ3n) is 7.10. The number of aromatic nitrogens is 4. The van der Waals surface area contributed by atoms with E-state index in [0.29, 0.717) is 29.6 Å². The fourth-order valence-electron chi connectivity index (χ4n) is 4.56. The van der Waals surface area contributed by atoms with Crippen LogP contribution < -0.4 is 15.2 Å². The first-order chi connectivity index (χ1) is 18.9. The third-order valence-corrected chi connectivity index (χ3v) is 8.34. The summed E-state index contributed by atoms with van der Waals surface area (Å²) in [6, 6.07) is 5.54. The van der Waals surface area contributed by atoms with Crippen molar-refractivity contribution in [2.45, 2.75) is 50.1 Å². The van der Waals surface area contributed by atoms with Gasteiger partial charge in [-0.2, -0.15) is 16.9 Å². The van der Waals surface area contributed by atoms with Crippen molar-refractivity contribution in [3.05, 3.63) is 54.2 Å². The number of hydrogen-bond acceptors (Lipinski definition) is 8. The molecule has 0 bridgehead atoms. The van der Waals surface area contributed by atoms with Crippen LogP contribution in [0.5, 0.6) is 11.6 Å². The van der Waals surface area contributed by atoms with Gasteiger partial charge in [0, 0.05) is 53.7 Å². The molecule has 2 saturated heterocycles. The van der Waals surface area contributed by atoms with Crippen molar-refractivity contribution >= 4 is 23.6 Å². The van der Waals surface area contributed by atoms with Gasteiger partial charge in [-0.3, -0.25) is 19.3 Å². The summed E-state index contributed by atoms with van der Waals surface area (Å²) in [5.41, 5.74) is 7.77. The van der Waals surface area contributed by atoms with Crippen LogP contribution in [0, 0.1) is 0 Å². The molecular formula is C27H29FN6O4S. The lowest BCUT2D eigenvalue weighted by molar-refractivity contribution is -0.134. The number of piperidine rings is 1. The Balaban J connectivity index is 1.07. The maximum atomic E-state index is 15.1. The highest BCUT2D eigenvalue weighted by Crippen LogP contribution is 2.32. The van der Waals surface area contributed by atoms with Crippen molar-refractivity contribution in [2.75, 3.05) is 24.6 Å². The highest BCUT2D eigenvalue weighted by Gasteiger charge is 2.34. The second-order valence-electron chi connectivity index (χ2n) is 10.1. The quantitative estimate of drug-likeness (QED) is 0.430. The molecule has 0 spiro atoms. The smallest absolute Gasteiger partial charge is 0.254 e. The Morgan fingerprint density at radius 2 is 1.92 bits per heavy atom. The fourth-order valence-corrected chi connectivity index (χ4v) is 5.31. The first-order valence-corrected chi connectivity index (χ1v) is 14.2. The zero-order valence-corrected chi connectivity index (χ0v) is 22.1. The minimum atomic E-state index is -1.45. The number of nitrogens with two attached hydrogens (primary N) is 1. The zero-order chi connectivity index (χ0) is 26.9. The van der Waals surface area contributed by atoms with E-state index in [1.165, 1.54) is 4.90 Å². The van der Waals surface area contributed by atoms with Crippen LogP contribution in [0.3, 0.4) is 0 Å². The van der Waals surface area contributed by atoms with Crippen LogP contribution in [0.4, 0.5) is 4.39 Å². The van der Waals surface area contributed by atoms with Crippen LogP contribution in [0.1, 0.15) is 41.4 Å². The molecule has 2 aliphatic heterocycles. The Morgan fingerprint density at radius 1 is 1.08 bits per heavy atom. The standard InChI is InChI=1S/C27H29FN6O4S/c28-23-13-33(25(35)8-18-1-2-21(11-30-18)37-20-3-4-20)6-5-24(23)38-27-22(26(29)36)7-16(9-31-27)17-10-32-34(12-17)19-14-39-15-19/h1-2,7,9-12,19-20,23-24H,3-6,8,13-15H2,(H2,29,36). The van der Waals surface area contributed by atoms with Gasteiger partial charge < -0.3 is 20.1 Å². The van der Waals surface area contributed by atoms with Crippen molar-refractivity contribution < 1.29 is 23.5 Å². The molecule has 39 heavy (non-hydrogen) atoms. The molecule has 5 heterocycles. The molecule has 10 nitrogen and oxygen atoms in total. The number of nitrogens with zero attached hydrogens (tertiary/aromatic N) is 5. The lowest BCUT2D eigenvalue weighted by Gasteiger charge is -2.34. The molecule has 12 heteroatoms. The summed E-state index contributed by atoms with van der Waals surface area (Å²) >= 11 is 1.87.